The van der Waals surface area contributed by atoms with Crippen molar-refractivity contribution in [3.8, 4) is 17.1 Å². The summed E-state index contributed by atoms with van der Waals surface area (Å²) in [6.45, 7) is 4.72. The highest BCUT2D eigenvalue weighted by Gasteiger charge is 2.25. The van der Waals surface area contributed by atoms with Crippen molar-refractivity contribution in [2.45, 2.75) is 44.8 Å². The van der Waals surface area contributed by atoms with Crippen LogP contribution in [0.3, 0.4) is 0 Å². The Morgan fingerprint density at radius 1 is 1.12 bits per heavy atom. The van der Waals surface area contributed by atoms with Gasteiger partial charge in [0.05, 0.1) is 37.7 Å². The number of benzene rings is 1. The van der Waals surface area contributed by atoms with Crippen molar-refractivity contribution in [2.24, 2.45) is 0 Å². The maximum atomic E-state index is 9.88. The van der Waals surface area contributed by atoms with Crippen molar-refractivity contribution < 1.29 is 14.6 Å². The van der Waals surface area contributed by atoms with E-state index in [-0.39, 0.29) is 18.8 Å². The number of rotatable bonds is 7. The number of aliphatic hydroxyl groups is 1. The van der Waals surface area contributed by atoms with Gasteiger partial charge in [0, 0.05) is 37.4 Å². The minimum atomic E-state index is -0.118. The Hall–Kier alpha value is -2.81. The molecule has 2 atom stereocenters. The van der Waals surface area contributed by atoms with E-state index in [1.165, 1.54) is 5.56 Å². The summed E-state index contributed by atoms with van der Waals surface area (Å²) in [4.78, 5) is 11.8. The van der Waals surface area contributed by atoms with Gasteiger partial charge in [-0.25, -0.2) is 14.6 Å². The molecule has 5 rings (SSSR count). The highest BCUT2D eigenvalue weighted by molar-refractivity contribution is 5.60. The third kappa shape index (κ3) is 5.08. The fourth-order valence-corrected chi connectivity index (χ4v) is 4.53. The molecule has 0 saturated carbocycles. The smallest absolute Gasteiger partial charge is 0.159 e. The number of hydrogen-bond donors (Lipinski definition) is 1. The molecule has 0 amide bonds. The minimum Gasteiger partial charge on any atom is -0.394 e. The van der Waals surface area contributed by atoms with Gasteiger partial charge in [-0.2, -0.15) is 5.10 Å². The molecule has 33 heavy (non-hydrogen) atoms. The summed E-state index contributed by atoms with van der Waals surface area (Å²) in [6, 6.07) is 12.2. The van der Waals surface area contributed by atoms with E-state index < -0.39 is 0 Å². The molecule has 2 fully saturated rings. The van der Waals surface area contributed by atoms with Crippen molar-refractivity contribution in [3.63, 3.8) is 0 Å². The third-order valence-corrected chi connectivity index (χ3v) is 6.33. The maximum Gasteiger partial charge on any atom is 0.159 e. The van der Waals surface area contributed by atoms with E-state index in [0.29, 0.717) is 19.8 Å². The lowest BCUT2D eigenvalue weighted by molar-refractivity contribution is 0.0722. The van der Waals surface area contributed by atoms with Crippen molar-refractivity contribution >= 4 is 5.82 Å². The zero-order chi connectivity index (χ0) is 22.6. The number of hydrogen-bond acceptors (Lipinski definition) is 7. The average Bonchev–Trinajstić information content (AvgIpc) is 3.55. The molecule has 1 N–H and O–H groups in total. The second-order valence-corrected chi connectivity index (χ2v) is 8.79. The van der Waals surface area contributed by atoms with Crippen molar-refractivity contribution in [1.82, 2.24) is 19.7 Å². The van der Waals surface area contributed by atoms with Gasteiger partial charge in [0.1, 0.15) is 11.6 Å². The zero-order valence-electron chi connectivity index (χ0n) is 19.1. The van der Waals surface area contributed by atoms with Crippen LogP contribution in [0.15, 0.2) is 42.6 Å². The Morgan fingerprint density at radius 2 is 2.03 bits per heavy atom. The van der Waals surface area contributed by atoms with Crippen molar-refractivity contribution in [3.05, 3.63) is 54.0 Å². The van der Waals surface area contributed by atoms with Gasteiger partial charge in [-0.05, 0) is 38.3 Å². The summed E-state index contributed by atoms with van der Waals surface area (Å²) in [6.07, 6.45) is 6.09. The number of aryl methyl sites for hydroxylation is 2. The van der Waals surface area contributed by atoms with Crippen LogP contribution in [-0.2, 0) is 15.9 Å². The van der Waals surface area contributed by atoms with Crippen LogP contribution >= 0.6 is 0 Å². The fraction of sp³-hybridized carbons (Fsp3) is 0.480. The lowest BCUT2D eigenvalue weighted by atomic mass is 10.1. The van der Waals surface area contributed by atoms with Gasteiger partial charge in [-0.3, -0.25) is 0 Å². The van der Waals surface area contributed by atoms with Gasteiger partial charge in [-0.15, -0.1) is 0 Å². The Bertz CT molecular complexity index is 1080. The maximum absolute atomic E-state index is 9.88. The van der Waals surface area contributed by atoms with Crippen molar-refractivity contribution in [2.75, 3.05) is 37.9 Å². The summed E-state index contributed by atoms with van der Waals surface area (Å²) >= 11 is 0. The second kappa shape index (κ2) is 9.99. The molecule has 0 radical (unpaired) electrons. The first-order chi connectivity index (χ1) is 16.2. The van der Waals surface area contributed by atoms with Gasteiger partial charge in [-0.1, -0.05) is 23.8 Å². The minimum absolute atomic E-state index is 0.0177. The fourth-order valence-electron chi connectivity index (χ4n) is 4.53. The van der Waals surface area contributed by atoms with Crippen LogP contribution in [0.25, 0.3) is 17.1 Å². The topological polar surface area (TPSA) is 85.5 Å². The summed E-state index contributed by atoms with van der Waals surface area (Å²) in [5.74, 6) is 2.30. The first-order valence-corrected chi connectivity index (χ1v) is 11.8. The van der Waals surface area contributed by atoms with Gasteiger partial charge >= 0.3 is 0 Å². The highest BCUT2D eigenvalue weighted by Crippen LogP contribution is 2.24. The van der Waals surface area contributed by atoms with E-state index >= 15 is 0 Å². The van der Waals surface area contributed by atoms with Crippen molar-refractivity contribution in [1.29, 1.82) is 0 Å². The largest absolute Gasteiger partial charge is 0.394 e. The molecule has 8 nitrogen and oxygen atoms in total. The number of aromatic nitrogens is 4. The summed E-state index contributed by atoms with van der Waals surface area (Å²) < 4.78 is 13.2. The first-order valence-electron chi connectivity index (χ1n) is 11.8. The van der Waals surface area contributed by atoms with Gasteiger partial charge in [0.15, 0.2) is 5.82 Å². The number of nitrogens with zero attached hydrogens (tertiary/aromatic N) is 5. The zero-order valence-corrected chi connectivity index (χ0v) is 19.1. The van der Waals surface area contributed by atoms with E-state index in [1.807, 2.05) is 29.1 Å². The molecular formula is C25H31N5O3. The third-order valence-electron chi connectivity index (χ3n) is 6.33. The van der Waals surface area contributed by atoms with Crippen LogP contribution in [0.2, 0.25) is 0 Å². The molecule has 2 aromatic heterocycles. The van der Waals surface area contributed by atoms with Crippen LogP contribution < -0.4 is 4.90 Å². The normalized spacial score (nSPS) is 21.0. The molecule has 2 saturated heterocycles. The van der Waals surface area contributed by atoms with Gasteiger partial charge in [0.25, 0.3) is 0 Å². The van der Waals surface area contributed by atoms with Gasteiger partial charge in [0.2, 0.25) is 0 Å². The summed E-state index contributed by atoms with van der Waals surface area (Å²) in [5, 5.41) is 14.7. The SMILES string of the molecule is Cc1cccc(-c2ccn(-c3cc(N4CCOCC4CO)nc(CCC4CCCO4)n3)n2)c1. The van der Waals surface area contributed by atoms with E-state index in [1.54, 1.807) is 0 Å². The van der Waals surface area contributed by atoms with Gasteiger partial charge < -0.3 is 19.5 Å². The quantitative estimate of drug-likeness (QED) is 0.594. The first kappa shape index (κ1) is 22.0. The molecule has 1 aromatic carbocycles. The van der Waals surface area contributed by atoms with Crippen LogP contribution in [0.4, 0.5) is 5.82 Å². The molecular weight excluding hydrogens is 418 g/mol. The molecule has 2 aliphatic rings. The second-order valence-electron chi connectivity index (χ2n) is 8.79. The number of morpholine rings is 1. The Balaban J connectivity index is 1.47. The van der Waals surface area contributed by atoms with E-state index in [9.17, 15) is 5.11 Å². The molecule has 174 valence electrons. The highest BCUT2D eigenvalue weighted by atomic mass is 16.5. The molecule has 0 bridgehead atoms. The molecule has 0 spiro atoms. The standard InChI is InChI=1S/C25H31N5O3/c1-18-4-2-5-19(14-18)22-9-10-30(28-22)25-15-24(29-11-13-32-17-20(29)16-31)26-23(27-25)8-7-21-6-3-12-33-21/h2,4-5,9-10,14-15,20-21,31H,3,6-8,11-13,16-17H2,1H3. The Kier molecular flexibility index (Phi) is 6.66. The molecule has 4 heterocycles. The Morgan fingerprint density at radius 3 is 2.85 bits per heavy atom. The van der Waals surface area contributed by atoms with Crippen LogP contribution in [0.5, 0.6) is 0 Å². The number of aliphatic hydroxyl groups excluding tert-OH is 1. The molecule has 2 aliphatic heterocycles. The lowest BCUT2D eigenvalue weighted by Crippen LogP contribution is -2.48. The van der Waals surface area contributed by atoms with Crippen LogP contribution in [-0.4, -0.2) is 70.0 Å². The molecule has 8 heteroatoms. The van der Waals surface area contributed by atoms with Crippen LogP contribution in [0, 0.1) is 6.92 Å². The molecule has 3 aromatic rings. The number of ether oxygens (including phenoxy) is 2. The predicted molar refractivity (Wildman–Crippen MR) is 126 cm³/mol. The van der Waals surface area contributed by atoms with E-state index in [0.717, 1.165) is 61.0 Å². The monoisotopic (exact) mass is 449 g/mol. The molecule has 0 aliphatic carbocycles. The Labute approximate surface area is 194 Å². The van der Waals surface area contributed by atoms with E-state index in [4.69, 9.17) is 24.5 Å². The predicted octanol–water partition coefficient (Wildman–Crippen LogP) is 2.95. The molecule has 2 unspecified atom stereocenters. The lowest BCUT2D eigenvalue weighted by Gasteiger charge is -2.35. The average molecular weight is 450 g/mol. The summed E-state index contributed by atoms with van der Waals surface area (Å²) in [7, 11) is 0. The number of anilines is 1. The van der Waals surface area contributed by atoms with Crippen LogP contribution in [0.1, 0.15) is 30.7 Å². The summed E-state index contributed by atoms with van der Waals surface area (Å²) in [5.41, 5.74) is 3.18. The van der Waals surface area contributed by atoms with E-state index in [2.05, 4.69) is 30.0 Å².